The lowest BCUT2D eigenvalue weighted by molar-refractivity contribution is -0.0884. The number of nitrogens with zero attached hydrogens (tertiary/aromatic N) is 1. The molecule has 1 saturated heterocycles. The third-order valence-corrected chi connectivity index (χ3v) is 4.68. The summed E-state index contributed by atoms with van der Waals surface area (Å²) in [7, 11) is 0. The summed E-state index contributed by atoms with van der Waals surface area (Å²) in [5.41, 5.74) is 6.09. The number of nitrogens with two attached hydrogens (primary N) is 1. The number of hydrogen-bond acceptors (Lipinski definition) is 3. The SMILES string of the molecule is CC1CCCC(C(CN)N2C[C@@H](C)O[C@@H](C)C2)C1. The van der Waals surface area contributed by atoms with Gasteiger partial charge in [-0.15, -0.1) is 0 Å². The molecule has 0 spiro atoms. The molecule has 5 atom stereocenters. The van der Waals surface area contributed by atoms with Gasteiger partial charge < -0.3 is 10.5 Å². The fourth-order valence-corrected chi connectivity index (χ4v) is 3.96. The predicted molar refractivity (Wildman–Crippen MR) is 75.5 cm³/mol. The molecule has 1 heterocycles. The van der Waals surface area contributed by atoms with E-state index < -0.39 is 0 Å². The van der Waals surface area contributed by atoms with E-state index in [0.717, 1.165) is 31.5 Å². The third-order valence-electron chi connectivity index (χ3n) is 4.68. The summed E-state index contributed by atoms with van der Waals surface area (Å²) in [6, 6.07) is 0.571. The summed E-state index contributed by atoms with van der Waals surface area (Å²) in [6.07, 6.45) is 6.23. The molecule has 1 saturated carbocycles. The smallest absolute Gasteiger partial charge is 0.0678 e. The minimum Gasteiger partial charge on any atom is -0.373 e. The summed E-state index contributed by atoms with van der Waals surface area (Å²) in [5.74, 6) is 1.69. The second-order valence-corrected chi connectivity index (χ2v) is 6.55. The molecule has 0 aromatic rings. The fourth-order valence-electron chi connectivity index (χ4n) is 3.96. The van der Waals surface area contributed by atoms with Crippen LogP contribution in [0.15, 0.2) is 0 Å². The average molecular weight is 254 g/mol. The molecule has 3 heteroatoms. The van der Waals surface area contributed by atoms with Gasteiger partial charge in [-0.3, -0.25) is 4.90 Å². The van der Waals surface area contributed by atoms with Gasteiger partial charge in [0.1, 0.15) is 0 Å². The molecule has 106 valence electrons. The van der Waals surface area contributed by atoms with Gasteiger partial charge in [0.15, 0.2) is 0 Å². The maximum absolute atomic E-state index is 6.09. The largest absolute Gasteiger partial charge is 0.373 e. The van der Waals surface area contributed by atoms with Gasteiger partial charge in [0.2, 0.25) is 0 Å². The van der Waals surface area contributed by atoms with Crippen LogP contribution in [0.2, 0.25) is 0 Å². The van der Waals surface area contributed by atoms with E-state index in [1.807, 2.05) is 0 Å². The Bertz CT molecular complexity index is 249. The Morgan fingerprint density at radius 2 is 1.83 bits per heavy atom. The molecule has 2 fully saturated rings. The van der Waals surface area contributed by atoms with Crippen molar-refractivity contribution in [3.63, 3.8) is 0 Å². The van der Waals surface area contributed by atoms with Gasteiger partial charge in [0, 0.05) is 25.7 Å². The van der Waals surface area contributed by atoms with Crippen LogP contribution in [0, 0.1) is 11.8 Å². The Morgan fingerprint density at radius 3 is 2.39 bits per heavy atom. The Morgan fingerprint density at radius 1 is 1.17 bits per heavy atom. The van der Waals surface area contributed by atoms with Crippen molar-refractivity contribution in [1.29, 1.82) is 0 Å². The zero-order valence-corrected chi connectivity index (χ0v) is 12.3. The van der Waals surface area contributed by atoms with E-state index in [1.54, 1.807) is 0 Å². The van der Waals surface area contributed by atoms with Crippen molar-refractivity contribution in [3.05, 3.63) is 0 Å². The monoisotopic (exact) mass is 254 g/mol. The molecule has 0 amide bonds. The zero-order chi connectivity index (χ0) is 13.1. The highest BCUT2D eigenvalue weighted by Crippen LogP contribution is 2.33. The second-order valence-electron chi connectivity index (χ2n) is 6.55. The van der Waals surface area contributed by atoms with Crippen molar-refractivity contribution < 1.29 is 4.74 Å². The lowest BCUT2D eigenvalue weighted by Crippen LogP contribution is -2.55. The summed E-state index contributed by atoms with van der Waals surface area (Å²) in [4.78, 5) is 2.60. The quantitative estimate of drug-likeness (QED) is 0.839. The van der Waals surface area contributed by atoms with E-state index in [0.29, 0.717) is 18.2 Å². The van der Waals surface area contributed by atoms with Gasteiger partial charge in [0.05, 0.1) is 12.2 Å². The highest BCUT2D eigenvalue weighted by molar-refractivity contribution is 4.87. The molecular formula is C15H30N2O. The van der Waals surface area contributed by atoms with Crippen molar-refractivity contribution in [2.24, 2.45) is 17.6 Å². The molecule has 1 aliphatic carbocycles. The van der Waals surface area contributed by atoms with Crippen LogP contribution in [0.5, 0.6) is 0 Å². The van der Waals surface area contributed by atoms with Crippen molar-refractivity contribution in [2.75, 3.05) is 19.6 Å². The lowest BCUT2D eigenvalue weighted by Gasteiger charge is -2.44. The number of ether oxygens (including phenoxy) is 1. The number of rotatable bonds is 3. The highest BCUT2D eigenvalue weighted by Gasteiger charge is 2.33. The van der Waals surface area contributed by atoms with E-state index >= 15 is 0 Å². The zero-order valence-electron chi connectivity index (χ0n) is 12.3. The Labute approximate surface area is 112 Å². The van der Waals surface area contributed by atoms with Crippen molar-refractivity contribution in [3.8, 4) is 0 Å². The third kappa shape index (κ3) is 3.46. The normalized spacial score (nSPS) is 40.7. The summed E-state index contributed by atoms with van der Waals surface area (Å²) >= 11 is 0. The molecule has 2 aliphatic rings. The van der Waals surface area contributed by atoms with Crippen molar-refractivity contribution >= 4 is 0 Å². The molecule has 2 rings (SSSR count). The van der Waals surface area contributed by atoms with Crippen LogP contribution in [0.4, 0.5) is 0 Å². The number of hydrogen-bond donors (Lipinski definition) is 1. The van der Waals surface area contributed by atoms with Crippen LogP contribution in [0.25, 0.3) is 0 Å². The first kappa shape index (κ1) is 14.3. The minimum atomic E-state index is 0.351. The molecule has 0 aromatic heterocycles. The van der Waals surface area contributed by atoms with Gasteiger partial charge in [-0.05, 0) is 38.5 Å². The van der Waals surface area contributed by atoms with Crippen LogP contribution < -0.4 is 5.73 Å². The van der Waals surface area contributed by atoms with E-state index in [1.165, 1.54) is 25.7 Å². The van der Waals surface area contributed by atoms with Crippen LogP contribution >= 0.6 is 0 Å². The molecule has 3 unspecified atom stereocenters. The van der Waals surface area contributed by atoms with E-state index in [2.05, 4.69) is 25.7 Å². The van der Waals surface area contributed by atoms with Crippen LogP contribution in [-0.2, 0) is 4.74 Å². The van der Waals surface area contributed by atoms with Crippen LogP contribution in [-0.4, -0.2) is 42.8 Å². The fraction of sp³-hybridized carbons (Fsp3) is 1.00. The first-order chi connectivity index (χ1) is 8.60. The Balaban J connectivity index is 1.98. The highest BCUT2D eigenvalue weighted by atomic mass is 16.5. The molecule has 0 bridgehead atoms. The maximum Gasteiger partial charge on any atom is 0.0678 e. The van der Waals surface area contributed by atoms with Gasteiger partial charge >= 0.3 is 0 Å². The summed E-state index contributed by atoms with van der Waals surface area (Å²) in [5, 5.41) is 0. The van der Waals surface area contributed by atoms with Gasteiger partial charge in [-0.2, -0.15) is 0 Å². The van der Waals surface area contributed by atoms with Crippen LogP contribution in [0.3, 0.4) is 0 Å². The maximum atomic E-state index is 6.09. The molecular weight excluding hydrogens is 224 g/mol. The molecule has 1 aliphatic heterocycles. The molecule has 0 radical (unpaired) electrons. The summed E-state index contributed by atoms with van der Waals surface area (Å²) in [6.45, 7) is 9.66. The minimum absolute atomic E-state index is 0.351. The first-order valence-electron chi connectivity index (χ1n) is 7.69. The van der Waals surface area contributed by atoms with Gasteiger partial charge in [-0.1, -0.05) is 19.8 Å². The lowest BCUT2D eigenvalue weighted by atomic mass is 9.78. The predicted octanol–water partition coefficient (Wildman–Crippen LogP) is 2.25. The average Bonchev–Trinajstić information content (AvgIpc) is 2.28. The van der Waals surface area contributed by atoms with Gasteiger partial charge in [-0.25, -0.2) is 0 Å². The standard InChI is InChI=1S/C15H30N2O/c1-11-5-4-6-14(7-11)15(8-16)17-9-12(2)18-13(3)10-17/h11-15H,4-10,16H2,1-3H3/t11?,12-,13+,14?,15?. The molecule has 0 aromatic carbocycles. The van der Waals surface area contributed by atoms with E-state index in [4.69, 9.17) is 10.5 Å². The first-order valence-corrected chi connectivity index (χ1v) is 7.69. The van der Waals surface area contributed by atoms with Crippen LogP contribution in [0.1, 0.15) is 46.5 Å². The summed E-state index contributed by atoms with van der Waals surface area (Å²) < 4.78 is 5.84. The second kappa shape index (κ2) is 6.36. The van der Waals surface area contributed by atoms with Gasteiger partial charge in [0.25, 0.3) is 0 Å². The Kier molecular flexibility index (Phi) is 5.05. The molecule has 18 heavy (non-hydrogen) atoms. The van der Waals surface area contributed by atoms with E-state index in [-0.39, 0.29) is 0 Å². The van der Waals surface area contributed by atoms with Crippen molar-refractivity contribution in [2.45, 2.75) is 64.7 Å². The Hall–Kier alpha value is -0.120. The molecule has 3 nitrogen and oxygen atoms in total. The van der Waals surface area contributed by atoms with Crippen molar-refractivity contribution in [1.82, 2.24) is 4.90 Å². The van der Waals surface area contributed by atoms with E-state index in [9.17, 15) is 0 Å². The molecule has 2 N–H and O–H groups in total. The number of morpholine rings is 1. The topological polar surface area (TPSA) is 38.5 Å².